The number of carbonyl (C=O) groups excluding carboxylic acids is 1. The van der Waals surface area contributed by atoms with Gasteiger partial charge in [0.25, 0.3) is 5.91 Å². The SMILES string of the molecule is CN=C(NCc1ccc(OCC(F)(F)F)cc1)N1CCN(C(=O)C2CCCO2)CC1.I. The van der Waals surface area contributed by atoms with Gasteiger partial charge in [-0.25, -0.2) is 0 Å². The maximum Gasteiger partial charge on any atom is 0.422 e. The first-order chi connectivity index (χ1) is 14.4. The third-order valence-corrected chi connectivity index (χ3v) is 5.08. The largest absolute Gasteiger partial charge is 0.484 e. The van der Waals surface area contributed by atoms with Crippen LogP contribution in [-0.2, 0) is 16.1 Å². The van der Waals surface area contributed by atoms with Crippen molar-refractivity contribution in [1.29, 1.82) is 0 Å². The molecule has 2 heterocycles. The van der Waals surface area contributed by atoms with Crippen LogP contribution in [0, 0.1) is 0 Å². The molecule has 1 atom stereocenters. The van der Waals surface area contributed by atoms with E-state index in [-0.39, 0.29) is 41.7 Å². The smallest absolute Gasteiger partial charge is 0.422 e. The number of piperazine rings is 1. The molecule has 0 bridgehead atoms. The number of aliphatic imine (C=N–C) groups is 1. The number of benzene rings is 1. The summed E-state index contributed by atoms with van der Waals surface area (Å²) in [6.07, 6.45) is -2.92. The lowest BCUT2D eigenvalue weighted by molar-refractivity contribution is -0.153. The molecule has 1 unspecified atom stereocenters. The van der Waals surface area contributed by atoms with Gasteiger partial charge in [0.05, 0.1) is 0 Å². The fourth-order valence-corrected chi connectivity index (χ4v) is 3.50. The van der Waals surface area contributed by atoms with Crippen LogP contribution in [0.2, 0.25) is 0 Å². The monoisotopic (exact) mass is 556 g/mol. The Bertz CT molecular complexity index is 732. The number of amides is 1. The summed E-state index contributed by atoms with van der Waals surface area (Å²) < 4.78 is 46.8. The average Bonchev–Trinajstić information content (AvgIpc) is 3.28. The molecule has 2 aliphatic rings. The Morgan fingerprint density at radius 1 is 1.19 bits per heavy atom. The van der Waals surface area contributed by atoms with Crippen LogP contribution in [0.4, 0.5) is 13.2 Å². The average molecular weight is 556 g/mol. The Hall–Kier alpha value is -1.76. The number of carbonyl (C=O) groups is 1. The van der Waals surface area contributed by atoms with E-state index in [1.807, 2.05) is 4.90 Å². The zero-order valence-electron chi connectivity index (χ0n) is 17.4. The number of guanidine groups is 1. The zero-order chi connectivity index (χ0) is 21.6. The summed E-state index contributed by atoms with van der Waals surface area (Å²) in [4.78, 5) is 20.7. The van der Waals surface area contributed by atoms with Gasteiger partial charge in [-0.2, -0.15) is 13.2 Å². The fraction of sp³-hybridized carbons (Fsp3) is 0.600. The lowest BCUT2D eigenvalue weighted by Crippen LogP contribution is -2.55. The van der Waals surface area contributed by atoms with Crippen molar-refractivity contribution >= 4 is 35.8 Å². The molecule has 0 spiro atoms. The summed E-state index contributed by atoms with van der Waals surface area (Å²) in [5.41, 5.74) is 0.891. The van der Waals surface area contributed by atoms with Crippen LogP contribution >= 0.6 is 24.0 Å². The van der Waals surface area contributed by atoms with Gasteiger partial charge in [0.15, 0.2) is 12.6 Å². The van der Waals surface area contributed by atoms with Gasteiger partial charge in [0.2, 0.25) is 0 Å². The van der Waals surface area contributed by atoms with Gasteiger partial charge in [-0.05, 0) is 30.5 Å². The van der Waals surface area contributed by atoms with Gasteiger partial charge in [0.1, 0.15) is 11.9 Å². The number of rotatable bonds is 5. The van der Waals surface area contributed by atoms with Gasteiger partial charge < -0.3 is 24.6 Å². The molecule has 31 heavy (non-hydrogen) atoms. The highest BCUT2D eigenvalue weighted by molar-refractivity contribution is 14.0. The van der Waals surface area contributed by atoms with Gasteiger partial charge >= 0.3 is 6.18 Å². The van der Waals surface area contributed by atoms with E-state index in [1.54, 1.807) is 19.2 Å². The molecule has 2 aliphatic heterocycles. The molecule has 7 nitrogen and oxygen atoms in total. The van der Waals surface area contributed by atoms with Crippen molar-refractivity contribution in [2.75, 3.05) is 46.4 Å². The summed E-state index contributed by atoms with van der Waals surface area (Å²) >= 11 is 0. The van der Waals surface area contributed by atoms with E-state index in [0.717, 1.165) is 24.4 Å². The standard InChI is InChI=1S/C20H27F3N4O3.HI/c1-24-19(25-13-15-4-6-16(7-5-15)30-14-20(21,22)23)27-10-8-26(9-11-27)18(28)17-3-2-12-29-17;/h4-7,17H,2-3,8-14H2,1H3,(H,24,25);1H. The number of hydrogen-bond acceptors (Lipinski definition) is 4. The van der Waals surface area contributed by atoms with Crippen LogP contribution in [0.15, 0.2) is 29.3 Å². The molecule has 1 aromatic rings. The maximum absolute atomic E-state index is 12.5. The maximum atomic E-state index is 12.5. The molecule has 0 saturated carbocycles. The minimum atomic E-state index is -4.36. The van der Waals surface area contributed by atoms with Crippen molar-refractivity contribution in [3.05, 3.63) is 29.8 Å². The molecule has 3 rings (SSSR count). The third kappa shape index (κ3) is 7.70. The third-order valence-electron chi connectivity index (χ3n) is 5.08. The predicted octanol–water partition coefficient (Wildman–Crippen LogP) is 2.64. The van der Waals surface area contributed by atoms with Crippen LogP contribution < -0.4 is 10.1 Å². The number of ether oxygens (including phenoxy) is 2. The van der Waals surface area contributed by atoms with E-state index in [9.17, 15) is 18.0 Å². The molecule has 2 fully saturated rings. The summed E-state index contributed by atoms with van der Waals surface area (Å²) in [7, 11) is 1.69. The van der Waals surface area contributed by atoms with E-state index >= 15 is 0 Å². The Morgan fingerprint density at radius 2 is 1.84 bits per heavy atom. The minimum absolute atomic E-state index is 0. The molecule has 11 heteroatoms. The number of hydrogen-bond donors (Lipinski definition) is 1. The number of nitrogens with one attached hydrogen (secondary N) is 1. The van der Waals surface area contributed by atoms with Gasteiger partial charge in [-0.3, -0.25) is 9.79 Å². The lowest BCUT2D eigenvalue weighted by Gasteiger charge is -2.37. The van der Waals surface area contributed by atoms with Crippen molar-refractivity contribution in [3.8, 4) is 5.75 Å². The van der Waals surface area contributed by atoms with Gasteiger partial charge in [-0.15, -0.1) is 24.0 Å². The molecular formula is C20H28F3IN4O3. The van der Waals surface area contributed by atoms with E-state index in [1.165, 1.54) is 12.1 Å². The second-order valence-corrected chi connectivity index (χ2v) is 7.26. The zero-order valence-corrected chi connectivity index (χ0v) is 19.7. The van der Waals surface area contributed by atoms with Crippen molar-refractivity contribution in [2.24, 2.45) is 4.99 Å². The molecule has 2 saturated heterocycles. The van der Waals surface area contributed by atoms with Crippen molar-refractivity contribution in [1.82, 2.24) is 15.1 Å². The van der Waals surface area contributed by atoms with Gasteiger partial charge in [-0.1, -0.05) is 12.1 Å². The predicted molar refractivity (Wildman–Crippen MR) is 121 cm³/mol. The Kier molecular flexibility index (Phi) is 9.66. The summed E-state index contributed by atoms with van der Waals surface area (Å²) in [6.45, 7) is 2.39. The van der Waals surface area contributed by atoms with Crippen molar-refractivity contribution < 1.29 is 27.4 Å². The lowest BCUT2D eigenvalue weighted by atomic mass is 10.2. The molecule has 0 radical (unpaired) electrons. The molecule has 0 aliphatic carbocycles. The van der Waals surface area contributed by atoms with Crippen LogP contribution in [0.3, 0.4) is 0 Å². The fourth-order valence-electron chi connectivity index (χ4n) is 3.50. The topological polar surface area (TPSA) is 66.4 Å². The first-order valence-electron chi connectivity index (χ1n) is 10.0. The summed E-state index contributed by atoms with van der Waals surface area (Å²) in [5.74, 6) is 0.965. The highest BCUT2D eigenvalue weighted by Gasteiger charge is 2.31. The summed E-state index contributed by atoms with van der Waals surface area (Å²) in [6, 6.07) is 6.45. The highest BCUT2D eigenvalue weighted by atomic mass is 127. The molecule has 1 N–H and O–H groups in total. The number of alkyl halides is 3. The Balaban J connectivity index is 0.00000341. The second kappa shape index (κ2) is 11.7. The molecule has 1 amide bonds. The molecule has 174 valence electrons. The Morgan fingerprint density at radius 3 is 2.39 bits per heavy atom. The minimum Gasteiger partial charge on any atom is -0.484 e. The number of nitrogens with zero attached hydrogens (tertiary/aromatic N) is 3. The first-order valence-corrected chi connectivity index (χ1v) is 10.0. The summed E-state index contributed by atoms with van der Waals surface area (Å²) in [5, 5.41) is 3.26. The van der Waals surface area contributed by atoms with E-state index in [2.05, 4.69) is 15.2 Å². The van der Waals surface area contributed by atoms with Crippen LogP contribution in [0.1, 0.15) is 18.4 Å². The van der Waals surface area contributed by atoms with E-state index in [0.29, 0.717) is 39.3 Å². The first kappa shape index (κ1) is 25.5. The molecular weight excluding hydrogens is 528 g/mol. The van der Waals surface area contributed by atoms with Crippen molar-refractivity contribution in [3.63, 3.8) is 0 Å². The van der Waals surface area contributed by atoms with Crippen LogP contribution in [0.5, 0.6) is 5.75 Å². The van der Waals surface area contributed by atoms with E-state index in [4.69, 9.17) is 9.47 Å². The Labute approximate surface area is 197 Å². The highest BCUT2D eigenvalue weighted by Crippen LogP contribution is 2.19. The van der Waals surface area contributed by atoms with Gasteiger partial charge in [0, 0.05) is 46.4 Å². The normalized spacial score (nSPS) is 19.7. The van der Waals surface area contributed by atoms with Crippen molar-refractivity contribution in [2.45, 2.75) is 31.7 Å². The quantitative estimate of drug-likeness (QED) is 0.344. The van der Waals surface area contributed by atoms with E-state index < -0.39 is 12.8 Å². The molecule has 0 aromatic heterocycles. The molecule has 1 aromatic carbocycles. The van der Waals surface area contributed by atoms with Crippen LogP contribution in [-0.4, -0.2) is 80.4 Å². The van der Waals surface area contributed by atoms with Crippen LogP contribution in [0.25, 0.3) is 0 Å². The number of halogens is 4. The second-order valence-electron chi connectivity index (χ2n) is 7.26.